The highest BCUT2D eigenvalue weighted by Crippen LogP contribution is 2.27. The minimum Gasteiger partial charge on any atom is -0.406 e. The van der Waals surface area contributed by atoms with E-state index in [4.69, 9.17) is 0 Å². The van der Waals surface area contributed by atoms with Gasteiger partial charge in [0.2, 0.25) is 5.91 Å². The molecule has 0 spiro atoms. The highest BCUT2D eigenvalue weighted by atomic mass is 19.4. The number of hydrogen-bond donors (Lipinski definition) is 0. The maximum absolute atomic E-state index is 12.4. The third-order valence-corrected chi connectivity index (χ3v) is 5.36. The first-order valence-corrected chi connectivity index (χ1v) is 10.0. The van der Waals surface area contributed by atoms with Gasteiger partial charge < -0.3 is 19.4 Å². The van der Waals surface area contributed by atoms with Crippen molar-refractivity contribution in [3.63, 3.8) is 0 Å². The molecular formula is C20H28F3N3O2. The van der Waals surface area contributed by atoms with Crippen LogP contribution in [0.4, 0.5) is 18.9 Å². The largest absolute Gasteiger partial charge is 0.573 e. The fourth-order valence-electron chi connectivity index (χ4n) is 3.91. The summed E-state index contributed by atoms with van der Waals surface area (Å²) < 4.78 is 41.3. The molecule has 0 aliphatic carbocycles. The molecular weight excluding hydrogens is 371 g/mol. The molecule has 156 valence electrons. The number of ether oxygens (including phenoxy) is 1. The summed E-state index contributed by atoms with van der Waals surface area (Å²) in [6, 6.07) is 5.95. The minimum absolute atomic E-state index is 0.115. The molecule has 0 aromatic heterocycles. The molecule has 3 rings (SSSR count). The number of nitrogens with zero attached hydrogens (tertiary/aromatic N) is 3. The number of carbonyl (C=O) groups is 1. The summed E-state index contributed by atoms with van der Waals surface area (Å²) in [5.74, 6) is -0.122. The van der Waals surface area contributed by atoms with Crippen LogP contribution in [0, 0.1) is 0 Å². The van der Waals surface area contributed by atoms with Gasteiger partial charge in [-0.2, -0.15) is 0 Å². The van der Waals surface area contributed by atoms with Gasteiger partial charge in [0, 0.05) is 44.4 Å². The Morgan fingerprint density at radius 1 is 0.964 bits per heavy atom. The zero-order chi connectivity index (χ0) is 20.0. The van der Waals surface area contributed by atoms with E-state index in [-0.39, 0.29) is 11.7 Å². The molecule has 1 aromatic rings. The van der Waals surface area contributed by atoms with Gasteiger partial charge in [0.15, 0.2) is 0 Å². The van der Waals surface area contributed by atoms with Gasteiger partial charge >= 0.3 is 6.36 Å². The number of piperidine rings is 1. The lowest BCUT2D eigenvalue weighted by molar-refractivity contribution is -0.274. The van der Waals surface area contributed by atoms with Crippen molar-refractivity contribution in [2.24, 2.45) is 0 Å². The highest BCUT2D eigenvalue weighted by Gasteiger charge is 2.31. The maximum Gasteiger partial charge on any atom is 0.573 e. The molecule has 2 aliphatic heterocycles. The highest BCUT2D eigenvalue weighted by molar-refractivity contribution is 5.77. The van der Waals surface area contributed by atoms with Crippen molar-refractivity contribution in [1.82, 2.24) is 9.80 Å². The number of anilines is 1. The van der Waals surface area contributed by atoms with Crippen molar-refractivity contribution in [2.75, 3.05) is 50.7 Å². The van der Waals surface area contributed by atoms with Crippen LogP contribution in [0.15, 0.2) is 24.3 Å². The molecule has 2 saturated heterocycles. The maximum atomic E-state index is 12.4. The van der Waals surface area contributed by atoms with Crippen molar-refractivity contribution in [3.8, 4) is 5.75 Å². The van der Waals surface area contributed by atoms with Crippen molar-refractivity contribution < 1.29 is 22.7 Å². The van der Waals surface area contributed by atoms with Crippen LogP contribution in [-0.4, -0.2) is 67.9 Å². The normalized spacial score (nSPS) is 19.6. The predicted molar refractivity (Wildman–Crippen MR) is 101 cm³/mol. The molecule has 2 aliphatic rings. The third-order valence-electron chi connectivity index (χ3n) is 5.36. The molecule has 5 nitrogen and oxygen atoms in total. The smallest absolute Gasteiger partial charge is 0.406 e. The Balaban J connectivity index is 1.52. The first-order valence-electron chi connectivity index (χ1n) is 10.0. The quantitative estimate of drug-likeness (QED) is 0.734. The van der Waals surface area contributed by atoms with E-state index in [1.165, 1.54) is 31.4 Å². The number of alkyl halides is 3. The lowest BCUT2D eigenvalue weighted by atomic mass is 10.1. The van der Waals surface area contributed by atoms with Crippen LogP contribution in [-0.2, 0) is 4.79 Å². The van der Waals surface area contributed by atoms with E-state index in [1.54, 1.807) is 12.1 Å². The lowest BCUT2D eigenvalue weighted by Gasteiger charge is -2.28. The number of hydrogen-bond acceptors (Lipinski definition) is 4. The van der Waals surface area contributed by atoms with Crippen LogP contribution < -0.4 is 9.64 Å². The minimum atomic E-state index is -4.71. The van der Waals surface area contributed by atoms with Gasteiger partial charge in [-0.25, -0.2) is 0 Å². The number of amides is 1. The number of likely N-dealkylation sites (tertiary alicyclic amines) is 1. The van der Waals surface area contributed by atoms with E-state index in [2.05, 4.69) is 9.64 Å². The Bertz CT molecular complexity index is 648. The summed E-state index contributed by atoms with van der Waals surface area (Å²) in [7, 11) is 0. The Kier molecular flexibility index (Phi) is 7.04. The fourth-order valence-corrected chi connectivity index (χ4v) is 3.91. The predicted octanol–water partition coefficient (Wildman–Crippen LogP) is 3.50. The van der Waals surface area contributed by atoms with Crippen LogP contribution in [0.1, 0.15) is 32.1 Å². The van der Waals surface area contributed by atoms with Gasteiger partial charge in [0.1, 0.15) is 5.75 Å². The van der Waals surface area contributed by atoms with Gasteiger partial charge in [-0.3, -0.25) is 4.79 Å². The summed E-state index contributed by atoms with van der Waals surface area (Å²) in [6.07, 6.45) is 0.447. The summed E-state index contributed by atoms with van der Waals surface area (Å²) in [6.45, 7) is 5.74. The average molecular weight is 399 g/mol. The molecule has 2 fully saturated rings. The molecule has 28 heavy (non-hydrogen) atoms. The van der Waals surface area contributed by atoms with Crippen LogP contribution in [0.25, 0.3) is 0 Å². The van der Waals surface area contributed by atoms with Crippen molar-refractivity contribution in [2.45, 2.75) is 38.5 Å². The molecule has 0 saturated carbocycles. The first-order chi connectivity index (χ1) is 13.4. The van der Waals surface area contributed by atoms with Crippen molar-refractivity contribution in [3.05, 3.63) is 24.3 Å². The van der Waals surface area contributed by atoms with E-state index in [9.17, 15) is 18.0 Å². The summed E-state index contributed by atoms with van der Waals surface area (Å²) in [5.41, 5.74) is 0.643. The van der Waals surface area contributed by atoms with E-state index in [0.717, 1.165) is 32.6 Å². The Labute approximate surface area is 164 Å². The van der Waals surface area contributed by atoms with Gasteiger partial charge in [0.05, 0.1) is 0 Å². The Hall–Kier alpha value is -1.96. The number of rotatable bonds is 6. The number of halogens is 3. The van der Waals surface area contributed by atoms with E-state index >= 15 is 0 Å². The SMILES string of the molecule is O=C1CCN(c2cccc(OC(F)(F)F)c2)CCN1CCCN1CCCCC1. The molecule has 1 aromatic carbocycles. The second-order valence-corrected chi connectivity index (χ2v) is 7.42. The molecule has 0 atom stereocenters. The topological polar surface area (TPSA) is 36.0 Å². The molecule has 0 unspecified atom stereocenters. The molecule has 0 bridgehead atoms. The lowest BCUT2D eigenvalue weighted by Crippen LogP contribution is -2.37. The fraction of sp³-hybridized carbons (Fsp3) is 0.650. The molecule has 1 amide bonds. The standard InChI is InChI=1S/C20H28F3N3O2/c21-20(22,23)28-18-7-4-6-17(16-18)25-13-8-19(27)26(15-14-25)12-5-11-24-9-2-1-3-10-24/h4,6-7,16H,1-3,5,8-15H2. The average Bonchev–Trinajstić information content (AvgIpc) is 2.84. The number of benzene rings is 1. The molecule has 2 heterocycles. The molecule has 0 N–H and O–H groups in total. The summed E-state index contributed by atoms with van der Waals surface area (Å²) in [5, 5.41) is 0. The van der Waals surface area contributed by atoms with Crippen LogP contribution in [0.2, 0.25) is 0 Å². The van der Waals surface area contributed by atoms with E-state index in [0.29, 0.717) is 31.7 Å². The summed E-state index contributed by atoms with van der Waals surface area (Å²) in [4.78, 5) is 18.7. The summed E-state index contributed by atoms with van der Waals surface area (Å²) >= 11 is 0. The zero-order valence-corrected chi connectivity index (χ0v) is 16.1. The van der Waals surface area contributed by atoms with Crippen LogP contribution >= 0.6 is 0 Å². The second-order valence-electron chi connectivity index (χ2n) is 7.42. The van der Waals surface area contributed by atoms with Crippen molar-refractivity contribution in [1.29, 1.82) is 0 Å². The van der Waals surface area contributed by atoms with Gasteiger partial charge in [-0.15, -0.1) is 13.2 Å². The van der Waals surface area contributed by atoms with Crippen LogP contribution in [0.3, 0.4) is 0 Å². The van der Waals surface area contributed by atoms with Gasteiger partial charge in [-0.1, -0.05) is 12.5 Å². The number of carbonyl (C=O) groups excluding carboxylic acids is 1. The Morgan fingerprint density at radius 2 is 1.75 bits per heavy atom. The molecule has 8 heteroatoms. The van der Waals surface area contributed by atoms with E-state index < -0.39 is 6.36 Å². The van der Waals surface area contributed by atoms with E-state index in [1.807, 2.05) is 9.80 Å². The second kappa shape index (κ2) is 9.49. The van der Waals surface area contributed by atoms with Crippen molar-refractivity contribution >= 4 is 11.6 Å². The monoisotopic (exact) mass is 399 g/mol. The zero-order valence-electron chi connectivity index (χ0n) is 16.1. The van der Waals surface area contributed by atoms with Gasteiger partial charge in [0.25, 0.3) is 0 Å². The first kappa shape index (κ1) is 20.8. The molecule has 0 radical (unpaired) electrons. The third kappa shape index (κ3) is 6.29. The van der Waals surface area contributed by atoms with Crippen LogP contribution in [0.5, 0.6) is 5.75 Å². The van der Waals surface area contributed by atoms with Gasteiger partial charge in [-0.05, 0) is 51.0 Å². The Morgan fingerprint density at radius 3 is 2.50 bits per heavy atom.